The van der Waals surface area contributed by atoms with Crippen molar-refractivity contribution in [2.24, 2.45) is 11.8 Å². The molecule has 1 unspecified atom stereocenters. The highest BCUT2D eigenvalue weighted by Gasteiger charge is 2.47. The first-order valence-electron chi connectivity index (χ1n) is 8.65. The Bertz CT molecular complexity index is 779. The number of aryl methyl sites for hydroxylation is 1. The van der Waals surface area contributed by atoms with Gasteiger partial charge in [0.15, 0.2) is 11.6 Å². The van der Waals surface area contributed by atoms with E-state index < -0.39 is 5.92 Å². The average Bonchev–Trinajstić information content (AvgIpc) is 3.08. The number of hydrogen-bond acceptors (Lipinski definition) is 4. The van der Waals surface area contributed by atoms with Crippen LogP contribution in [0.25, 0.3) is 11.3 Å². The second kappa shape index (κ2) is 5.93. The predicted octanol–water partition coefficient (Wildman–Crippen LogP) is 3.36. The first kappa shape index (κ1) is 15.2. The molecule has 24 heavy (non-hydrogen) atoms. The number of aromatic nitrogens is 2. The SMILES string of the molecule is CCc1ccc(-c2cnccn2)cc1C1C(=O)[C@@H]2CC[C@@H](C2)C1=O. The summed E-state index contributed by atoms with van der Waals surface area (Å²) >= 11 is 0. The first-order chi connectivity index (χ1) is 11.7. The van der Waals surface area contributed by atoms with Gasteiger partial charge < -0.3 is 0 Å². The number of rotatable bonds is 3. The van der Waals surface area contributed by atoms with E-state index in [9.17, 15) is 9.59 Å². The number of ketones is 2. The summed E-state index contributed by atoms with van der Waals surface area (Å²) in [5.74, 6) is -0.188. The van der Waals surface area contributed by atoms with Crippen LogP contribution in [0.5, 0.6) is 0 Å². The van der Waals surface area contributed by atoms with E-state index in [-0.39, 0.29) is 23.4 Å². The fourth-order valence-electron chi connectivity index (χ4n) is 4.21. The Hall–Kier alpha value is -2.36. The summed E-state index contributed by atoms with van der Waals surface area (Å²) in [7, 11) is 0. The predicted molar refractivity (Wildman–Crippen MR) is 90.4 cm³/mol. The Morgan fingerprint density at radius 2 is 1.83 bits per heavy atom. The number of fused-ring (bicyclic) bond motifs is 2. The highest BCUT2D eigenvalue weighted by molar-refractivity contribution is 6.12. The zero-order chi connectivity index (χ0) is 16.7. The Labute approximate surface area is 141 Å². The number of carbonyl (C=O) groups is 2. The lowest BCUT2D eigenvalue weighted by molar-refractivity contribution is -0.135. The van der Waals surface area contributed by atoms with Crippen LogP contribution in [0.1, 0.15) is 43.2 Å². The van der Waals surface area contributed by atoms with Gasteiger partial charge in [-0.2, -0.15) is 0 Å². The molecule has 0 radical (unpaired) electrons. The molecule has 4 nitrogen and oxygen atoms in total. The Kier molecular flexibility index (Phi) is 3.75. The third-order valence-corrected chi connectivity index (χ3v) is 5.50. The molecule has 2 bridgehead atoms. The standard InChI is InChI=1S/C20H20N2O2/c1-2-12-3-4-13(17-11-21-7-8-22-17)10-16(12)18-19(23)14-5-6-15(9-14)20(18)24/h3-4,7-8,10-11,14-15,18H,2,5-6,9H2,1H3/t14-,15+,18?. The largest absolute Gasteiger partial charge is 0.298 e. The molecule has 2 saturated carbocycles. The van der Waals surface area contributed by atoms with Gasteiger partial charge in [-0.1, -0.05) is 19.1 Å². The molecule has 0 aliphatic heterocycles. The zero-order valence-electron chi connectivity index (χ0n) is 13.7. The van der Waals surface area contributed by atoms with Gasteiger partial charge in [-0.15, -0.1) is 0 Å². The van der Waals surface area contributed by atoms with Crippen LogP contribution in [0.4, 0.5) is 0 Å². The minimum Gasteiger partial charge on any atom is -0.298 e. The van der Waals surface area contributed by atoms with Gasteiger partial charge in [0.1, 0.15) is 5.92 Å². The minimum atomic E-state index is -0.581. The molecule has 4 rings (SSSR count). The number of Topliss-reactive ketones (excluding diaryl/α,β-unsaturated/α-hetero) is 2. The molecule has 3 atom stereocenters. The number of hydrogen-bond donors (Lipinski definition) is 0. The van der Waals surface area contributed by atoms with E-state index in [1.807, 2.05) is 18.2 Å². The fourth-order valence-corrected chi connectivity index (χ4v) is 4.21. The molecule has 2 fully saturated rings. The summed E-state index contributed by atoms with van der Waals surface area (Å²) in [6.45, 7) is 2.06. The summed E-state index contributed by atoms with van der Waals surface area (Å²) in [5.41, 5.74) is 3.64. The number of benzene rings is 1. The van der Waals surface area contributed by atoms with E-state index in [4.69, 9.17) is 0 Å². The lowest BCUT2D eigenvalue weighted by Crippen LogP contribution is -2.35. The molecule has 0 spiro atoms. The van der Waals surface area contributed by atoms with Crippen molar-refractivity contribution in [1.29, 1.82) is 0 Å². The zero-order valence-corrected chi connectivity index (χ0v) is 13.7. The van der Waals surface area contributed by atoms with Crippen LogP contribution in [0.15, 0.2) is 36.8 Å². The van der Waals surface area contributed by atoms with Crippen molar-refractivity contribution in [2.75, 3.05) is 0 Å². The normalized spacial score (nSPS) is 26.0. The molecule has 122 valence electrons. The van der Waals surface area contributed by atoms with Gasteiger partial charge in [0, 0.05) is 29.8 Å². The quantitative estimate of drug-likeness (QED) is 0.814. The van der Waals surface area contributed by atoms with Crippen LogP contribution in [0, 0.1) is 11.8 Å². The van der Waals surface area contributed by atoms with Crippen LogP contribution in [0.2, 0.25) is 0 Å². The van der Waals surface area contributed by atoms with Gasteiger partial charge >= 0.3 is 0 Å². The minimum absolute atomic E-state index is 0.0718. The van der Waals surface area contributed by atoms with Crippen LogP contribution in [-0.4, -0.2) is 21.5 Å². The van der Waals surface area contributed by atoms with Crippen LogP contribution in [-0.2, 0) is 16.0 Å². The molecular formula is C20H20N2O2. The van der Waals surface area contributed by atoms with Crippen molar-refractivity contribution in [3.05, 3.63) is 47.9 Å². The van der Waals surface area contributed by atoms with Gasteiger partial charge in [0.05, 0.1) is 11.9 Å². The first-order valence-corrected chi connectivity index (χ1v) is 8.65. The van der Waals surface area contributed by atoms with Gasteiger partial charge in [0.25, 0.3) is 0 Å². The van der Waals surface area contributed by atoms with Crippen molar-refractivity contribution < 1.29 is 9.59 Å². The maximum absolute atomic E-state index is 12.9. The summed E-state index contributed by atoms with van der Waals surface area (Å²) < 4.78 is 0. The molecule has 2 aliphatic rings. The van der Waals surface area contributed by atoms with Crippen molar-refractivity contribution in [3.8, 4) is 11.3 Å². The van der Waals surface area contributed by atoms with E-state index in [0.717, 1.165) is 48.1 Å². The maximum Gasteiger partial charge on any atom is 0.150 e. The second-order valence-corrected chi connectivity index (χ2v) is 6.80. The van der Waals surface area contributed by atoms with Gasteiger partial charge in [-0.3, -0.25) is 19.6 Å². The van der Waals surface area contributed by atoms with Crippen molar-refractivity contribution in [2.45, 2.75) is 38.5 Å². The van der Waals surface area contributed by atoms with Crippen LogP contribution in [0.3, 0.4) is 0 Å². The summed E-state index contributed by atoms with van der Waals surface area (Å²) in [6.07, 6.45) is 8.31. The van der Waals surface area contributed by atoms with E-state index >= 15 is 0 Å². The van der Waals surface area contributed by atoms with Crippen LogP contribution < -0.4 is 0 Å². The van der Waals surface area contributed by atoms with Crippen LogP contribution >= 0.6 is 0 Å². The van der Waals surface area contributed by atoms with Gasteiger partial charge in [-0.05, 0) is 42.9 Å². The molecular weight excluding hydrogens is 300 g/mol. The van der Waals surface area contributed by atoms with E-state index in [1.54, 1.807) is 18.6 Å². The lowest BCUT2D eigenvalue weighted by atomic mass is 9.73. The topological polar surface area (TPSA) is 59.9 Å². The summed E-state index contributed by atoms with van der Waals surface area (Å²) in [4.78, 5) is 34.2. The summed E-state index contributed by atoms with van der Waals surface area (Å²) in [5, 5.41) is 0. The number of nitrogens with zero attached hydrogens (tertiary/aromatic N) is 2. The molecule has 0 amide bonds. The molecule has 1 heterocycles. The molecule has 2 aromatic rings. The summed E-state index contributed by atoms with van der Waals surface area (Å²) in [6, 6.07) is 6.00. The highest BCUT2D eigenvalue weighted by Crippen LogP contribution is 2.45. The smallest absolute Gasteiger partial charge is 0.150 e. The average molecular weight is 320 g/mol. The molecule has 2 aliphatic carbocycles. The third-order valence-electron chi connectivity index (χ3n) is 5.50. The highest BCUT2D eigenvalue weighted by atomic mass is 16.2. The van der Waals surface area contributed by atoms with Gasteiger partial charge in [0.2, 0.25) is 0 Å². The Morgan fingerprint density at radius 3 is 2.46 bits per heavy atom. The maximum atomic E-state index is 12.9. The Morgan fingerprint density at radius 1 is 1.08 bits per heavy atom. The van der Waals surface area contributed by atoms with Crippen molar-refractivity contribution in [1.82, 2.24) is 9.97 Å². The fraction of sp³-hybridized carbons (Fsp3) is 0.400. The van der Waals surface area contributed by atoms with E-state index in [1.165, 1.54) is 0 Å². The van der Waals surface area contributed by atoms with Gasteiger partial charge in [-0.25, -0.2) is 0 Å². The van der Waals surface area contributed by atoms with E-state index in [2.05, 4.69) is 16.9 Å². The van der Waals surface area contributed by atoms with Crippen molar-refractivity contribution in [3.63, 3.8) is 0 Å². The molecule has 0 saturated heterocycles. The molecule has 4 heteroatoms. The molecule has 1 aromatic heterocycles. The van der Waals surface area contributed by atoms with E-state index in [0.29, 0.717) is 0 Å². The Balaban J connectivity index is 1.81. The molecule has 0 N–H and O–H groups in total. The third kappa shape index (κ3) is 2.37. The molecule has 1 aromatic carbocycles. The second-order valence-electron chi connectivity index (χ2n) is 6.80. The van der Waals surface area contributed by atoms with Crippen molar-refractivity contribution >= 4 is 11.6 Å². The lowest BCUT2D eigenvalue weighted by Gasteiger charge is -2.27. The monoisotopic (exact) mass is 320 g/mol. The number of carbonyl (C=O) groups excluding carboxylic acids is 2.